The normalized spacial score (nSPS) is 26.9. The minimum absolute atomic E-state index is 0.309. The SMILES string of the molecule is B[C@@]12CC=C(C)C(CCc3cccc(OC)c3)=C1CC(OC)C2. The summed E-state index contributed by atoms with van der Waals surface area (Å²) in [6, 6.07) is 8.44. The highest BCUT2D eigenvalue weighted by molar-refractivity contribution is 6.18. The summed E-state index contributed by atoms with van der Waals surface area (Å²) >= 11 is 0. The highest BCUT2D eigenvalue weighted by Crippen LogP contribution is 2.55. The average molecular weight is 310 g/mol. The molecule has 1 saturated carbocycles. The molecule has 1 unspecified atom stereocenters. The molecule has 0 bridgehead atoms. The Bertz CT molecular complexity index is 647. The van der Waals surface area contributed by atoms with Crippen molar-refractivity contribution in [2.24, 2.45) is 0 Å². The summed E-state index contributed by atoms with van der Waals surface area (Å²) in [4.78, 5) is 0. The Morgan fingerprint density at radius 2 is 2.09 bits per heavy atom. The molecule has 0 spiro atoms. The van der Waals surface area contributed by atoms with Crippen LogP contribution in [-0.4, -0.2) is 28.2 Å². The molecule has 0 radical (unpaired) electrons. The maximum absolute atomic E-state index is 5.67. The summed E-state index contributed by atoms with van der Waals surface area (Å²) in [5.74, 6) is 0.946. The molecule has 0 aromatic heterocycles. The van der Waals surface area contributed by atoms with Crippen molar-refractivity contribution in [2.75, 3.05) is 14.2 Å². The third-order valence-corrected chi connectivity index (χ3v) is 5.67. The highest BCUT2D eigenvalue weighted by Gasteiger charge is 2.42. The lowest BCUT2D eigenvalue weighted by molar-refractivity contribution is 0.107. The average Bonchev–Trinajstić information content (AvgIpc) is 2.91. The molecule has 3 heteroatoms. The predicted molar refractivity (Wildman–Crippen MR) is 98.0 cm³/mol. The second-order valence-corrected chi connectivity index (χ2v) is 7.23. The van der Waals surface area contributed by atoms with Gasteiger partial charge in [0.05, 0.1) is 13.2 Å². The Hall–Kier alpha value is -1.48. The Kier molecular flexibility index (Phi) is 4.68. The lowest BCUT2D eigenvalue weighted by atomic mass is 9.59. The van der Waals surface area contributed by atoms with E-state index < -0.39 is 0 Å². The van der Waals surface area contributed by atoms with Crippen molar-refractivity contribution in [2.45, 2.75) is 50.4 Å². The van der Waals surface area contributed by atoms with Gasteiger partial charge < -0.3 is 9.47 Å². The Labute approximate surface area is 141 Å². The molecule has 0 saturated heterocycles. The van der Waals surface area contributed by atoms with E-state index in [1.54, 1.807) is 18.3 Å². The van der Waals surface area contributed by atoms with Crippen LogP contribution in [0, 0.1) is 0 Å². The maximum Gasteiger partial charge on any atom is 0.119 e. The quantitative estimate of drug-likeness (QED) is 0.769. The summed E-state index contributed by atoms with van der Waals surface area (Å²) in [7, 11) is 5.99. The van der Waals surface area contributed by atoms with Crippen molar-refractivity contribution in [3.05, 3.63) is 52.6 Å². The van der Waals surface area contributed by atoms with E-state index in [4.69, 9.17) is 9.47 Å². The number of fused-ring (bicyclic) bond motifs is 1. The first-order chi connectivity index (χ1) is 11.1. The molecule has 2 aliphatic rings. The van der Waals surface area contributed by atoms with Crippen LogP contribution in [0.15, 0.2) is 47.1 Å². The van der Waals surface area contributed by atoms with E-state index in [-0.39, 0.29) is 0 Å². The molecule has 0 heterocycles. The fourth-order valence-electron chi connectivity index (χ4n) is 4.22. The second kappa shape index (κ2) is 6.56. The molecule has 1 fully saturated rings. The molecule has 0 aliphatic heterocycles. The van der Waals surface area contributed by atoms with Crippen LogP contribution in [-0.2, 0) is 11.2 Å². The zero-order valence-corrected chi connectivity index (χ0v) is 14.8. The molecular weight excluding hydrogens is 283 g/mol. The number of methoxy groups -OCH3 is 2. The van der Waals surface area contributed by atoms with Gasteiger partial charge in [0.1, 0.15) is 13.6 Å². The van der Waals surface area contributed by atoms with Gasteiger partial charge in [0, 0.05) is 7.11 Å². The van der Waals surface area contributed by atoms with E-state index >= 15 is 0 Å². The lowest BCUT2D eigenvalue weighted by Gasteiger charge is -2.32. The zero-order chi connectivity index (χ0) is 16.4. The van der Waals surface area contributed by atoms with Crippen LogP contribution in [0.1, 0.15) is 38.2 Å². The van der Waals surface area contributed by atoms with Gasteiger partial charge in [0.15, 0.2) is 0 Å². The number of allylic oxidation sites excluding steroid dienone is 3. The molecule has 3 rings (SSSR count). The molecule has 23 heavy (non-hydrogen) atoms. The third kappa shape index (κ3) is 3.25. The van der Waals surface area contributed by atoms with Gasteiger partial charge in [-0.2, -0.15) is 0 Å². The van der Waals surface area contributed by atoms with E-state index in [2.05, 4.69) is 39.0 Å². The third-order valence-electron chi connectivity index (χ3n) is 5.67. The monoisotopic (exact) mass is 310 g/mol. The number of hydrogen-bond donors (Lipinski definition) is 0. The molecule has 1 aromatic rings. The minimum Gasteiger partial charge on any atom is -0.497 e. The molecule has 2 nitrogen and oxygen atoms in total. The summed E-state index contributed by atoms with van der Waals surface area (Å²) in [5, 5.41) is 0.309. The molecular formula is C20H27BO2. The first kappa shape index (κ1) is 16.4. The van der Waals surface area contributed by atoms with E-state index in [1.807, 2.05) is 13.2 Å². The van der Waals surface area contributed by atoms with Crippen LogP contribution in [0.2, 0.25) is 5.31 Å². The van der Waals surface area contributed by atoms with Gasteiger partial charge in [-0.15, -0.1) is 0 Å². The van der Waals surface area contributed by atoms with Crippen LogP contribution in [0.3, 0.4) is 0 Å². The minimum atomic E-state index is 0.309. The Morgan fingerprint density at radius 3 is 2.83 bits per heavy atom. The molecule has 2 atom stereocenters. The van der Waals surface area contributed by atoms with Crippen LogP contribution >= 0.6 is 0 Å². The number of hydrogen-bond acceptors (Lipinski definition) is 2. The Morgan fingerprint density at radius 1 is 1.26 bits per heavy atom. The summed E-state index contributed by atoms with van der Waals surface area (Å²) < 4.78 is 11.0. The number of aryl methyl sites for hydroxylation is 1. The summed E-state index contributed by atoms with van der Waals surface area (Å²) in [6.45, 7) is 2.27. The zero-order valence-electron chi connectivity index (χ0n) is 14.8. The number of ether oxygens (including phenoxy) is 2. The first-order valence-corrected chi connectivity index (χ1v) is 8.61. The molecule has 0 amide bonds. The number of benzene rings is 1. The largest absolute Gasteiger partial charge is 0.497 e. The number of rotatable bonds is 5. The molecule has 122 valence electrons. The standard InChI is InChI=1S/C20H27BO2/c1-14-9-10-20(21)13-17(23-3)12-19(20)18(14)8-7-15-5-4-6-16(11-15)22-2/h4-6,9,11,17H,7-8,10,12-13,21H2,1-3H3/t17?,20-/m1/s1. The predicted octanol–water partition coefficient (Wildman–Crippen LogP) is 3.88. The van der Waals surface area contributed by atoms with E-state index in [1.165, 1.54) is 11.1 Å². The van der Waals surface area contributed by atoms with Crippen molar-refractivity contribution in [1.29, 1.82) is 0 Å². The van der Waals surface area contributed by atoms with Gasteiger partial charge in [-0.25, -0.2) is 0 Å². The topological polar surface area (TPSA) is 18.5 Å². The van der Waals surface area contributed by atoms with Gasteiger partial charge in [-0.1, -0.05) is 29.4 Å². The van der Waals surface area contributed by atoms with Gasteiger partial charge in [0.25, 0.3) is 0 Å². The van der Waals surface area contributed by atoms with Gasteiger partial charge in [-0.05, 0) is 67.6 Å². The van der Waals surface area contributed by atoms with E-state index in [0.717, 1.165) is 37.9 Å². The highest BCUT2D eigenvalue weighted by atomic mass is 16.5. The van der Waals surface area contributed by atoms with Crippen LogP contribution in [0.4, 0.5) is 0 Å². The van der Waals surface area contributed by atoms with Crippen molar-refractivity contribution in [3.8, 4) is 5.75 Å². The van der Waals surface area contributed by atoms with Crippen LogP contribution in [0.25, 0.3) is 0 Å². The van der Waals surface area contributed by atoms with Crippen LogP contribution < -0.4 is 4.74 Å². The van der Waals surface area contributed by atoms with Gasteiger partial charge in [-0.3, -0.25) is 0 Å². The van der Waals surface area contributed by atoms with Crippen molar-refractivity contribution in [3.63, 3.8) is 0 Å². The van der Waals surface area contributed by atoms with Crippen LogP contribution in [0.5, 0.6) is 5.75 Å². The fraction of sp³-hybridized carbons (Fsp3) is 0.500. The second-order valence-electron chi connectivity index (χ2n) is 7.23. The van der Waals surface area contributed by atoms with E-state index in [0.29, 0.717) is 11.4 Å². The van der Waals surface area contributed by atoms with E-state index in [9.17, 15) is 0 Å². The maximum atomic E-state index is 5.67. The molecule has 1 aromatic carbocycles. The smallest absolute Gasteiger partial charge is 0.119 e. The lowest BCUT2D eigenvalue weighted by Crippen LogP contribution is -2.16. The van der Waals surface area contributed by atoms with Gasteiger partial charge >= 0.3 is 0 Å². The van der Waals surface area contributed by atoms with Gasteiger partial charge in [0.2, 0.25) is 0 Å². The summed E-state index contributed by atoms with van der Waals surface area (Å²) in [5.41, 5.74) is 6.03. The Balaban J connectivity index is 1.81. The molecule has 0 N–H and O–H groups in total. The first-order valence-electron chi connectivity index (χ1n) is 8.61. The van der Waals surface area contributed by atoms with Crippen molar-refractivity contribution in [1.82, 2.24) is 0 Å². The molecule has 2 aliphatic carbocycles. The summed E-state index contributed by atoms with van der Waals surface area (Å²) in [6.07, 6.45) is 8.42. The van der Waals surface area contributed by atoms with Crippen molar-refractivity contribution < 1.29 is 9.47 Å². The fourth-order valence-corrected chi connectivity index (χ4v) is 4.22. The van der Waals surface area contributed by atoms with Crippen molar-refractivity contribution >= 4 is 7.85 Å².